The van der Waals surface area contributed by atoms with Crippen LogP contribution in [0.5, 0.6) is 0 Å². The third-order valence-electron chi connectivity index (χ3n) is 3.23. The summed E-state index contributed by atoms with van der Waals surface area (Å²) in [5.74, 6) is 0. The maximum absolute atomic E-state index is 12.7. The first-order chi connectivity index (χ1) is 9.34. The van der Waals surface area contributed by atoms with Crippen molar-refractivity contribution in [3.8, 4) is 0 Å². The molecular weight excluding hydrogens is 272 g/mol. The van der Waals surface area contributed by atoms with Crippen molar-refractivity contribution in [1.29, 1.82) is 0 Å². The molecule has 106 valence electrons. The van der Waals surface area contributed by atoms with E-state index >= 15 is 0 Å². The van der Waals surface area contributed by atoms with Crippen LogP contribution in [0.4, 0.5) is 11.4 Å². The van der Waals surface area contributed by atoms with E-state index in [1.807, 2.05) is 25.1 Å². The second kappa shape index (κ2) is 5.17. The normalized spacial score (nSPS) is 11.3. The van der Waals surface area contributed by atoms with Crippen molar-refractivity contribution in [1.82, 2.24) is 0 Å². The van der Waals surface area contributed by atoms with Gasteiger partial charge in [0.1, 0.15) is 4.90 Å². The van der Waals surface area contributed by atoms with Crippen LogP contribution in [0.1, 0.15) is 11.1 Å². The Morgan fingerprint density at radius 2 is 1.70 bits per heavy atom. The largest absolute Gasteiger partial charge is 0.398 e. The Bertz CT molecular complexity index is 719. The molecule has 20 heavy (non-hydrogen) atoms. The van der Waals surface area contributed by atoms with E-state index in [1.54, 1.807) is 31.2 Å². The first-order valence-electron chi connectivity index (χ1n) is 6.24. The Balaban J connectivity index is 2.56. The first-order valence-corrected chi connectivity index (χ1v) is 7.68. The molecule has 0 saturated carbocycles. The van der Waals surface area contributed by atoms with Crippen LogP contribution >= 0.6 is 0 Å². The van der Waals surface area contributed by atoms with Gasteiger partial charge in [-0.15, -0.1) is 0 Å². The molecule has 0 aliphatic heterocycles. The molecule has 0 aliphatic rings. The number of sulfonamides is 1. The summed E-state index contributed by atoms with van der Waals surface area (Å²) in [6.45, 7) is 3.67. The number of anilines is 2. The summed E-state index contributed by atoms with van der Waals surface area (Å²) in [5, 5.41) is 0. The van der Waals surface area contributed by atoms with Crippen molar-refractivity contribution in [3.63, 3.8) is 0 Å². The van der Waals surface area contributed by atoms with E-state index in [9.17, 15) is 8.42 Å². The molecule has 0 spiro atoms. The van der Waals surface area contributed by atoms with Gasteiger partial charge in [-0.1, -0.05) is 24.3 Å². The van der Waals surface area contributed by atoms with Gasteiger partial charge in [-0.05, 0) is 43.2 Å². The summed E-state index contributed by atoms with van der Waals surface area (Å²) in [7, 11) is -2.12. The highest BCUT2D eigenvalue weighted by Gasteiger charge is 2.25. The van der Waals surface area contributed by atoms with E-state index in [1.165, 1.54) is 11.4 Å². The number of aryl methyl sites for hydroxylation is 2. The Hall–Kier alpha value is -2.01. The zero-order valence-electron chi connectivity index (χ0n) is 11.8. The Kier molecular flexibility index (Phi) is 3.72. The summed E-state index contributed by atoms with van der Waals surface area (Å²) >= 11 is 0. The van der Waals surface area contributed by atoms with Crippen LogP contribution in [0, 0.1) is 13.8 Å². The average Bonchev–Trinajstić information content (AvgIpc) is 2.37. The summed E-state index contributed by atoms with van der Waals surface area (Å²) < 4.78 is 26.7. The fraction of sp³-hybridized carbons (Fsp3) is 0.200. The zero-order valence-corrected chi connectivity index (χ0v) is 12.6. The van der Waals surface area contributed by atoms with Crippen molar-refractivity contribution >= 4 is 21.4 Å². The molecule has 0 heterocycles. The minimum Gasteiger partial charge on any atom is -0.398 e. The quantitative estimate of drug-likeness (QED) is 0.884. The molecule has 0 amide bonds. The lowest BCUT2D eigenvalue weighted by molar-refractivity contribution is 0.594. The smallest absolute Gasteiger partial charge is 0.266 e. The molecule has 2 aromatic rings. The molecule has 5 heteroatoms. The highest BCUT2D eigenvalue weighted by Crippen LogP contribution is 2.28. The van der Waals surface area contributed by atoms with Crippen LogP contribution in [0.2, 0.25) is 0 Å². The van der Waals surface area contributed by atoms with Crippen LogP contribution in [-0.2, 0) is 10.0 Å². The van der Waals surface area contributed by atoms with E-state index in [-0.39, 0.29) is 10.6 Å². The predicted molar refractivity (Wildman–Crippen MR) is 82.4 cm³/mol. The maximum atomic E-state index is 12.7. The molecule has 0 aromatic heterocycles. The van der Waals surface area contributed by atoms with Gasteiger partial charge in [0, 0.05) is 7.05 Å². The number of hydrogen-bond acceptors (Lipinski definition) is 3. The fourth-order valence-electron chi connectivity index (χ4n) is 2.13. The van der Waals surface area contributed by atoms with Gasteiger partial charge in [0.15, 0.2) is 0 Å². The molecule has 0 saturated heterocycles. The van der Waals surface area contributed by atoms with Gasteiger partial charge in [0.25, 0.3) is 10.0 Å². The lowest BCUT2D eigenvalue weighted by atomic mass is 10.2. The molecule has 2 aromatic carbocycles. The highest BCUT2D eigenvalue weighted by atomic mass is 32.2. The number of nitrogen functional groups attached to an aromatic ring is 1. The van der Waals surface area contributed by atoms with E-state index < -0.39 is 10.0 Å². The van der Waals surface area contributed by atoms with Gasteiger partial charge in [-0.25, -0.2) is 8.42 Å². The molecule has 0 aliphatic carbocycles. The number of rotatable bonds is 3. The van der Waals surface area contributed by atoms with Gasteiger partial charge < -0.3 is 5.73 Å². The molecule has 0 atom stereocenters. The number of hydrogen-bond donors (Lipinski definition) is 1. The van der Waals surface area contributed by atoms with Gasteiger partial charge in [0.05, 0.1) is 11.4 Å². The summed E-state index contributed by atoms with van der Waals surface area (Å²) in [6.07, 6.45) is 0. The lowest BCUT2D eigenvalue weighted by Gasteiger charge is -2.22. The Morgan fingerprint density at radius 1 is 1.05 bits per heavy atom. The van der Waals surface area contributed by atoms with E-state index in [0.29, 0.717) is 11.3 Å². The van der Waals surface area contributed by atoms with Crippen molar-refractivity contribution in [3.05, 3.63) is 53.6 Å². The number of benzene rings is 2. The van der Waals surface area contributed by atoms with E-state index in [2.05, 4.69) is 0 Å². The lowest BCUT2D eigenvalue weighted by Crippen LogP contribution is -2.28. The molecule has 0 fully saturated rings. The maximum Gasteiger partial charge on any atom is 0.266 e. The van der Waals surface area contributed by atoms with Crippen molar-refractivity contribution < 1.29 is 8.42 Å². The third kappa shape index (κ3) is 2.49. The fourth-order valence-corrected chi connectivity index (χ4v) is 3.63. The van der Waals surface area contributed by atoms with Crippen LogP contribution in [0.15, 0.2) is 47.4 Å². The van der Waals surface area contributed by atoms with Crippen LogP contribution < -0.4 is 10.0 Å². The van der Waals surface area contributed by atoms with Crippen LogP contribution in [0.3, 0.4) is 0 Å². The van der Waals surface area contributed by atoms with Crippen molar-refractivity contribution in [2.24, 2.45) is 0 Å². The van der Waals surface area contributed by atoms with Crippen molar-refractivity contribution in [2.45, 2.75) is 18.7 Å². The van der Waals surface area contributed by atoms with E-state index in [4.69, 9.17) is 5.73 Å². The van der Waals surface area contributed by atoms with E-state index in [0.717, 1.165) is 5.56 Å². The first kappa shape index (κ1) is 14.4. The highest BCUT2D eigenvalue weighted by molar-refractivity contribution is 7.93. The second-order valence-corrected chi connectivity index (χ2v) is 6.71. The molecule has 0 bridgehead atoms. The Morgan fingerprint density at radius 3 is 2.30 bits per heavy atom. The van der Waals surface area contributed by atoms with Crippen LogP contribution in [-0.4, -0.2) is 15.5 Å². The third-order valence-corrected chi connectivity index (χ3v) is 5.23. The summed E-state index contributed by atoms with van der Waals surface area (Å²) in [5.41, 5.74) is 8.38. The summed E-state index contributed by atoms with van der Waals surface area (Å²) in [4.78, 5) is 0.170. The molecule has 0 unspecified atom stereocenters. The molecule has 4 nitrogen and oxygen atoms in total. The molecule has 2 rings (SSSR count). The van der Waals surface area contributed by atoms with Gasteiger partial charge in [0.2, 0.25) is 0 Å². The number of nitrogens with zero attached hydrogens (tertiary/aromatic N) is 1. The van der Waals surface area contributed by atoms with Gasteiger partial charge >= 0.3 is 0 Å². The topological polar surface area (TPSA) is 63.4 Å². The summed E-state index contributed by atoms with van der Waals surface area (Å²) in [6, 6.07) is 12.4. The van der Waals surface area contributed by atoms with Gasteiger partial charge in [-0.2, -0.15) is 0 Å². The molecular formula is C15H18N2O2S. The number of nitrogens with two attached hydrogens (primary N) is 1. The minimum absolute atomic E-state index is 0.170. The molecule has 2 N–H and O–H groups in total. The Labute approximate surface area is 119 Å². The standard InChI is InChI=1S/C15H18N2O2S/c1-11-6-4-8-13(10-11)17(3)20(18,19)15-12(2)7-5-9-14(15)16/h4-10H,16H2,1-3H3. The predicted octanol–water partition coefficient (Wildman–Crippen LogP) is 2.71. The second-order valence-electron chi connectivity index (χ2n) is 4.80. The zero-order chi connectivity index (χ0) is 14.9. The van der Waals surface area contributed by atoms with Crippen molar-refractivity contribution in [2.75, 3.05) is 17.1 Å². The van der Waals surface area contributed by atoms with Gasteiger partial charge in [-0.3, -0.25) is 4.31 Å². The minimum atomic E-state index is -3.66. The van der Waals surface area contributed by atoms with Crippen LogP contribution in [0.25, 0.3) is 0 Å². The monoisotopic (exact) mass is 290 g/mol. The SMILES string of the molecule is Cc1cccc(N(C)S(=O)(=O)c2c(C)cccc2N)c1. The molecule has 0 radical (unpaired) electrons. The average molecular weight is 290 g/mol.